The highest BCUT2D eigenvalue weighted by molar-refractivity contribution is 6.17. The number of hydrogen-bond donors (Lipinski definition) is 0. The average molecular weight is 286 g/mol. The van der Waals surface area contributed by atoms with Gasteiger partial charge in [0.25, 0.3) is 0 Å². The zero-order valence-corrected chi connectivity index (χ0v) is 12.3. The van der Waals surface area contributed by atoms with Crippen LogP contribution < -0.4 is 0 Å². The van der Waals surface area contributed by atoms with Gasteiger partial charge < -0.3 is 9.64 Å². The summed E-state index contributed by atoms with van der Waals surface area (Å²) in [6.45, 7) is 2.39. The van der Waals surface area contributed by atoms with Crippen LogP contribution in [0.1, 0.15) is 38.5 Å². The summed E-state index contributed by atoms with van der Waals surface area (Å²) in [6.07, 6.45) is 7.50. The third kappa shape index (κ3) is 2.92. The average Bonchev–Trinajstić information content (AvgIpc) is 3.19. The van der Waals surface area contributed by atoms with Crippen molar-refractivity contribution in [1.82, 2.24) is 4.90 Å². The summed E-state index contributed by atoms with van der Waals surface area (Å²) >= 11 is 5.63. The molecule has 4 heteroatoms. The monoisotopic (exact) mass is 285 g/mol. The Hall–Kier alpha value is -0.280. The van der Waals surface area contributed by atoms with Gasteiger partial charge >= 0.3 is 0 Å². The quantitative estimate of drug-likeness (QED) is 0.743. The molecule has 0 radical (unpaired) electrons. The van der Waals surface area contributed by atoms with E-state index in [1.165, 1.54) is 25.7 Å². The van der Waals surface area contributed by atoms with Crippen molar-refractivity contribution in [3.05, 3.63) is 0 Å². The first-order chi connectivity index (χ1) is 9.31. The molecule has 1 saturated heterocycles. The van der Waals surface area contributed by atoms with Gasteiger partial charge in [-0.25, -0.2) is 0 Å². The summed E-state index contributed by atoms with van der Waals surface area (Å²) < 4.78 is 5.66. The molecule has 2 saturated carbocycles. The number of ether oxygens (including phenoxy) is 1. The number of likely N-dealkylation sites (tertiary alicyclic amines) is 1. The van der Waals surface area contributed by atoms with E-state index in [0.717, 1.165) is 37.8 Å². The molecule has 2 aliphatic carbocycles. The number of halogens is 1. The first-order valence-electron chi connectivity index (χ1n) is 7.77. The first kappa shape index (κ1) is 13.7. The molecule has 2 atom stereocenters. The second-order valence-corrected chi connectivity index (χ2v) is 6.60. The highest BCUT2D eigenvalue weighted by atomic mass is 35.5. The van der Waals surface area contributed by atoms with Crippen molar-refractivity contribution in [3.8, 4) is 0 Å². The molecule has 0 aromatic heterocycles. The minimum absolute atomic E-state index is 0.310. The van der Waals surface area contributed by atoms with E-state index in [0.29, 0.717) is 30.4 Å². The Labute approximate surface area is 120 Å². The standard InChI is InChI=1S/C15H24ClNO2/c16-7-10-19-11-5-8-17(9-6-11)15(18)14-12-3-1-2-4-13(12)14/h11-14H,1-10H2. The molecule has 1 aliphatic heterocycles. The number of hydrogen-bond acceptors (Lipinski definition) is 2. The number of rotatable bonds is 4. The maximum absolute atomic E-state index is 12.5. The van der Waals surface area contributed by atoms with Crippen LogP contribution in [0.5, 0.6) is 0 Å². The van der Waals surface area contributed by atoms with Crippen molar-refractivity contribution in [3.63, 3.8) is 0 Å². The SMILES string of the molecule is O=C(C1C2CCCCC21)N1CCC(OCCCl)CC1. The van der Waals surface area contributed by atoms with E-state index >= 15 is 0 Å². The number of alkyl halides is 1. The second kappa shape index (κ2) is 6.01. The van der Waals surface area contributed by atoms with Crippen molar-refractivity contribution in [2.24, 2.45) is 17.8 Å². The number of fused-ring (bicyclic) bond motifs is 1. The van der Waals surface area contributed by atoms with Crippen LogP contribution in [-0.4, -0.2) is 42.5 Å². The fraction of sp³-hybridized carbons (Fsp3) is 0.933. The Morgan fingerprint density at radius 1 is 1.11 bits per heavy atom. The van der Waals surface area contributed by atoms with Crippen LogP contribution in [0.3, 0.4) is 0 Å². The van der Waals surface area contributed by atoms with Crippen LogP contribution >= 0.6 is 11.6 Å². The minimum Gasteiger partial charge on any atom is -0.377 e. The highest BCUT2D eigenvalue weighted by Crippen LogP contribution is 2.56. The lowest BCUT2D eigenvalue weighted by molar-refractivity contribution is -0.135. The smallest absolute Gasteiger partial charge is 0.226 e. The van der Waals surface area contributed by atoms with Crippen LogP contribution in [0.4, 0.5) is 0 Å². The molecule has 3 rings (SSSR count). The molecule has 3 aliphatic rings. The molecular formula is C15H24ClNO2. The van der Waals surface area contributed by atoms with Crippen molar-refractivity contribution in [2.45, 2.75) is 44.6 Å². The zero-order chi connectivity index (χ0) is 13.2. The van der Waals surface area contributed by atoms with Crippen molar-refractivity contribution < 1.29 is 9.53 Å². The minimum atomic E-state index is 0.310. The Bertz CT molecular complexity index is 316. The van der Waals surface area contributed by atoms with E-state index in [9.17, 15) is 4.79 Å². The molecule has 1 heterocycles. The van der Waals surface area contributed by atoms with E-state index in [1.807, 2.05) is 0 Å². The maximum Gasteiger partial charge on any atom is 0.226 e. The molecule has 2 unspecified atom stereocenters. The predicted octanol–water partition coefficient (Wildman–Crippen LogP) is 2.67. The second-order valence-electron chi connectivity index (χ2n) is 6.22. The van der Waals surface area contributed by atoms with Crippen molar-refractivity contribution in [1.29, 1.82) is 0 Å². The van der Waals surface area contributed by atoms with E-state index in [4.69, 9.17) is 16.3 Å². The summed E-state index contributed by atoms with van der Waals surface area (Å²) in [5.41, 5.74) is 0. The topological polar surface area (TPSA) is 29.5 Å². The Kier molecular flexibility index (Phi) is 4.33. The van der Waals surface area contributed by atoms with E-state index in [-0.39, 0.29) is 0 Å². The van der Waals surface area contributed by atoms with Crippen LogP contribution in [0.25, 0.3) is 0 Å². The number of piperidine rings is 1. The van der Waals surface area contributed by atoms with Gasteiger partial charge in [0.05, 0.1) is 12.7 Å². The fourth-order valence-electron chi connectivity index (χ4n) is 4.02. The first-order valence-corrected chi connectivity index (χ1v) is 8.31. The molecule has 1 amide bonds. The van der Waals surface area contributed by atoms with Gasteiger partial charge in [0.15, 0.2) is 0 Å². The van der Waals surface area contributed by atoms with Gasteiger partial charge in [0.1, 0.15) is 0 Å². The van der Waals surface area contributed by atoms with Gasteiger partial charge in [-0.3, -0.25) is 4.79 Å². The molecule has 0 bridgehead atoms. The van der Waals surface area contributed by atoms with Gasteiger partial charge in [0.2, 0.25) is 5.91 Å². The fourth-order valence-corrected chi connectivity index (χ4v) is 4.11. The number of amides is 1. The third-order valence-corrected chi connectivity index (χ3v) is 5.28. The molecule has 3 nitrogen and oxygen atoms in total. The molecule has 19 heavy (non-hydrogen) atoms. The summed E-state index contributed by atoms with van der Waals surface area (Å²) in [4.78, 5) is 14.6. The lowest BCUT2D eigenvalue weighted by Crippen LogP contribution is -2.42. The van der Waals surface area contributed by atoms with E-state index < -0.39 is 0 Å². The Morgan fingerprint density at radius 3 is 2.32 bits per heavy atom. The Morgan fingerprint density at radius 2 is 1.74 bits per heavy atom. The van der Waals surface area contributed by atoms with Crippen LogP contribution in [-0.2, 0) is 9.53 Å². The summed E-state index contributed by atoms with van der Waals surface area (Å²) in [7, 11) is 0. The zero-order valence-electron chi connectivity index (χ0n) is 11.5. The summed E-state index contributed by atoms with van der Waals surface area (Å²) in [6, 6.07) is 0. The summed E-state index contributed by atoms with van der Waals surface area (Å²) in [5.74, 6) is 2.83. The number of carbonyl (C=O) groups excluding carboxylic acids is 1. The van der Waals surface area contributed by atoms with Gasteiger partial charge in [-0.15, -0.1) is 11.6 Å². The highest BCUT2D eigenvalue weighted by Gasteiger charge is 2.55. The van der Waals surface area contributed by atoms with Crippen molar-refractivity contribution in [2.75, 3.05) is 25.6 Å². The Balaban J connectivity index is 1.45. The van der Waals surface area contributed by atoms with Crippen LogP contribution in [0.15, 0.2) is 0 Å². The maximum atomic E-state index is 12.5. The van der Waals surface area contributed by atoms with E-state index in [1.54, 1.807) is 0 Å². The van der Waals surface area contributed by atoms with Gasteiger partial charge in [-0.05, 0) is 37.5 Å². The normalized spacial score (nSPS) is 35.0. The van der Waals surface area contributed by atoms with E-state index in [2.05, 4.69) is 4.90 Å². The molecule has 0 aromatic rings. The van der Waals surface area contributed by atoms with Gasteiger partial charge in [-0.1, -0.05) is 12.8 Å². The lowest BCUT2D eigenvalue weighted by atomic mass is 10.0. The lowest BCUT2D eigenvalue weighted by Gasteiger charge is -2.32. The molecule has 0 aromatic carbocycles. The predicted molar refractivity (Wildman–Crippen MR) is 75.2 cm³/mol. The molecule has 0 N–H and O–H groups in total. The molecular weight excluding hydrogens is 262 g/mol. The van der Waals surface area contributed by atoms with Gasteiger partial charge in [-0.2, -0.15) is 0 Å². The molecule has 108 valence electrons. The summed E-state index contributed by atoms with van der Waals surface area (Å²) in [5, 5.41) is 0. The molecule has 3 fully saturated rings. The van der Waals surface area contributed by atoms with Crippen molar-refractivity contribution >= 4 is 17.5 Å². The largest absolute Gasteiger partial charge is 0.377 e. The number of nitrogens with zero attached hydrogens (tertiary/aromatic N) is 1. The molecule has 0 spiro atoms. The van der Waals surface area contributed by atoms with Crippen LogP contribution in [0, 0.1) is 17.8 Å². The number of carbonyl (C=O) groups is 1. The van der Waals surface area contributed by atoms with Crippen LogP contribution in [0.2, 0.25) is 0 Å². The van der Waals surface area contributed by atoms with Gasteiger partial charge in [0, 0.05) is 24.9 Å². The third-order valence-electron chi connectivity index (χ3n) is 5.13.